The number of hydrogen-bond donors (Lipinski definition) is 1. The number of likely N-dealkylation sites (tertiary alicyclic amines) is 1. The molecule has 2 N–H and O–H groups in total. The lowest BCUT2D eigenvalue weighted by atomic mass is 9.93. The maximum Gasteiger partial charge on any atom is 0.0541 e. The summed E-state index contributed by atoms with van der Waals surface area (Å²) in [6.07, 6.45) is 1.27. The zero-order valence-corrected chi connectivity index (χ0v) is 12.7. The Morgan fingerprint density at radius 1 is 0.952 bits per heavy atom. The Labute approximate surface area is 127 Å². The Morgan fingerprint density at radius 3 is 2.05 bits per heavy atom. The van der Waals surface area contributed by atoms with E-state index in [9.17, 15) is 0 Å². The Balaban J connectivity index is 1.92. The lowest BCUT2D eigenvalue weighted by molar-refractivity contribution is 0.207. The Kier molecular flexibility index (Phi) is 4.37. The van der Waals surface area contributed by atoms with Crippen molar-refractivity contribution in [2.75, 3.05) is 13.1 Å². The summed E-state index contributed by atoms with van der Waals surface area (Å²) >= 11 is 0. The minimum atomic E-state index is 0.0129. The molecule has 2 aromatic rings. The molecule has 0 aromatic heterocycles. The van der Waals surface area contributed by atoms with E-state index in [1.54, 1.807) is 0 Å². The van der Waals surface area contributed by atoms with Crippen LogP contribution in [0.4, 0.5) is 0 Å². The van der Waals surface area contributed by atoms with Crippen molar-refractivity contribution >= 4 is 0 Å². The molecule has 3 atom stereocenters. The summed E-state index contributed by atoms with van der Waals surface area (Å²) in [5, 5.41) is 0. The molecule has 1 aliphatic rings. The van der Waals surface area contributed by atoms with Crippen molar-refractivity contribution < 1.29 is 0 Å². The first-order chi connectivity index (χ1) is 10.3. The van der Waals surface area contributed by atoms with Gasteiger partial charge in [0.05, 0.1) is 6.04 Å². The van der Waals surface area contributed by atoms with Gasteiger partial charge >= 0.3 is 0 Å². The van der Waals surface area contributed by atoms with Gasteiger partial charge in [0.25, 0.3) is 0 Å². The van der Waals surface area contributed by atoms with Crippen molar-refractivity contribution in [3.8, 4) is 0 Å². The van der Waals surface area contributed by atoms with E-state index in [0.717, 1.165) is 19.0 Å². The predicted octanol–water partition coefficient (Wildman–Crippen LogP) is 3.77. The molecule has 1 heterocycles. The van der Waals surface area contributed by atoms with Crippen LogP contribution in [0.5, 0.6) is 0 Å². The highest BCUT2D eigenvalue weighted by Gasteiger charge is 2.31. The summed E-state index contributed by atoms with van der Waals surface area (Å²) < 4.78 is 0. The number of hydrogen-bond acceptors (Lipinski definition) is 2. The smallest absolute Gasteiger partial charge is 0.0541 e. The van der Waals surface area contributed by atoms with Crippen molar-refractivity contribution in [3.63, 3.8) is 0 Å². The van der Waals surface area contributed by atoms with E-state index in [-0.39, 0.29) is 12.1 Å². The molecule has 2 nitrogen and oxygen atoms in total. The van der Waals surface area contributed by atoms with Crippen LogP contribution in [-0.2, 0) is 0 Å². The molecule has 110 valence electrons. The van der Waals surface area contributed by atoms with Crippen LogP contribution in [-0.4, -0.2) is 18.0 Å². The zero-order valence-electron chi connectivity index (χ0n) is 12.7. The van der Waals surface area contributed by atoms with Crippen LogP contribution in [0.2, 0.25) is 0 Å². The minimum Gasteiger partial charge on any atom is -0.322 e. The van der Waals surface area contributed by atoms with E-state index >= 15 is 0 Å². The molecule has 3 unspecified atom stereocenters. The predicted molar refractivity (Wildman–Crippen MR) is 87.9 cm³/mol. The quantitative estimate of drug-likeness (QED) is 0.923. The van der Waals surface area contributed by atoms with Crippen molar-refractivity contribution in [1.29, 1.82) is 0 Å². The SMILES string of the molecule is CC1CCN(C(c2ccccc2)C(N)c2ccccc2)C1. The molecule has 21 heavy (non-hydrogen) atoms. The first kappa shape index (κ1) is 14.3. The lowest BCUT2D eigenvalue weighted by Crippen LogP contribution is -2.34. The van der Waals surface area contributed by atoms with Crippen LogP contribution < -0.4 is 5.73 Å². The standard InChI is InChI=1S/C19H24N2/c1-15-12-13-21(14-15)19(17-10-6-3-7-11-17)18(20)16-8-4-2-5-9-16/h2-11,15,18-19H,12-14,20H2,1H3. The van der Waals surface area contributed by atoms with E-state index in [0.29, 0.717) is 0 Å². The van der Waals surface area contributed by atoms with Gasteiger partial charge in [-0.25, -0.2) is 0 Å². The van der Waals surface area contributed by atoms with Crippen molar-refractivity contribution in [1.82, 2.24) is 4.90 Å². The van der Waals surface area contributed by atoms with Crippen LogP contribution in [0.3, 0.4) is 0 Å². The fourth-order valence-corrected chi connectivity index (χ4v) is 3.37. The monoisotopic (exact) mass is 280 g/mol. The van der Waals surface area contributed by atoms with Gasteiger partial charge in [-0.3, -0.25) is 4.90 Å². The summed E-state index contributed by atoms with van der Waals surface area (Å²) in [7, 11) is 0. The zero-order chi connectivity index (χ0) is 14.7. The Bertz CT molecular complexity index is 552. The molecule has 0 amide bonds. The molecule has 1 fully saturated rings. The summed E-state index contributed by atoms with van der Waals surface area (Å²) in [6.45, 7) is 4.61. The highest BCUT2D eigenvalue weighted by Crippen LogP contribution is 2.35. The third kappa shape index (κ3) is 3.17. The second-order valence-corrected chi connectivity index (χ2v) is 6.18. The van der Waals surface area contributed by atoms with Gasteiger partial charge in [-0.15, -0.1) is 0 Å². The number of rotatable bonds is 4. The van der Waals surface area contributed by atoms with Crippen LogP contribution in [0, 0.1) is 5.92 Å². The summed E-state index contributed by atoms with van der Waals surface area (Å²) in [6, 6.07) is 21.4. The lowest BCUT2D eigenvalue weighted by Gasteiger charge is -2.33. The summed E-state index contributed by atoms with van der Waals surface area (Å²) in [5.74, 6) is 0.763. The van der Waals surface area contributed by atoms with E-state index in [1.165, 1.54) is 17.5 Å². The molecular weight excluding hydrogens is 256 g/mol. The fourth-order valence-electron chi connectivity index (χ4n) is 3.37. The molecule has 1 aliphatic heterocycles. The van der Waals surface area contributed by atoms with Gasteiger partial charge in [0, 0.05) is 12.6 Å². The molecule has 2 heteroatoms. The molecule has 1 saturated heterocycles. The molecule has 0 radical (unpaired) electrons. The van der Waals surface area contributed by atoms with E-state index in [1.807, 2.05) is 6.07 Å². The average molecular weight is 280 g/mol. The van der Waals surface area contributed by atoms with Crippen molar-refractivity contribution in [3.05, 3.63) is 71.8 Å². The largest absolute Gasteiger partial charge is 0.322 e. The minimum absolute atomic E-state index is 0.0129. The summed E-state index contributed by atoms with van der Waals surface area (Å²) in [5.41, 5.74) is 9.19. The topological polar surface area (TPSA) is 29.3 Å². The van der Waals surface area contributed by atoms with Gasteiger partial charge in [0.2, 0.25) is 0 Å². The molecule has 0 bridgehead atoms. The van der Waals surface area contributed by atoms with Crippen LogP contribution in [0.1, 0.15) is 36.6 Å². The van der Waals surface area contributed by atoms with Gasteiger partial charge in [-0.05, 0) is 30.0 Å². The third-order valence-corrected chi connectivity index (χ3v) is 4.51. The van der Waals surface area contributed by atoms with Crippen molar-refractivity contribution in [2.24, 2.45) is 11.7 Å². The second kappa shape index (κ2) is 6.42. The molecule has 0 saturated carbocycles. The van der Waals surface area contributed by atoms with Gasteiger partial charge in [0.15, 0.2) is 0 Å². The normalized spacial score (nSPS) is 22.1. The first-order valence-electron chi connectivity index (χ1n) is 7.85. The summed E-state index contributed by atoms with van der Waals surface area (Å²) in [4.78, 5) is 2.55. The molecule has 0 spiro atoms. The first-order valence-corrected chi connectivity index (χ1v) is 7.85. The molecule has 3 rings (SSSR count). The highest BCUT2D eigenvalue weighted by atomic mass is 15.2. The van der Waals surface area contributed by atoms with Crippen LogP contribution >= 0.6 is 0 Å². The van der Waals surface area contributed by atoms with E-state index < -0.39 is 0 Å². The maximum atomic E-state index is 6.65. The Morgan fingerprint density at radius 2 is 1.52 bits per heavy atom. The number of nitrogens with two attached hydrogens (primary N) is 1. The molecule has 0 aliphatic carbocycles. The van der Waals surface area contributed by atoms with E-state index in [2.05, 4.69) is 66.4 Å². The van der Waals surface area contributed by atoms with Gasteiger partial charge in [-0.1, -0.05) is 67.6 Å². The van der Waals surface area contributed by atoms with Crippen molar-refractivity contribution in [2.45, 2.75) is 25.4 Å². The average Bonchev–Trinajstić information content (AvgIpc) is 2.95. The van der Waals surface area contributed by atoms with Gasteiger partial charge in [0.1, 0.15) is 0 Å². The van der Waals surface area contributed by atoms with Crippen LogP contribution in [0.25, 0.3) is 0 Å². The number of benzene rings is 2. The maximum absolute atomic E-state index is 6.65. The second-order valence-electron chi connectivity index (χ2n) is 6.18. The Hall–Kier alpha value is -1.64. The molecule has 2 aromatic carbocycles. The van der Waals surface area contributed by atoms with Crippen LogP contribution in [0.15, 0.2) is 60.7 Å². The highest BCUT2D eigenvalue weighted by molar-refractivity contribution is 5.27. The van der Waals surface area contributed by atoms with E-state index in [4.69, 9.17) is 5.73 Å². The number of nitrogens with zero attached hydrogens (tertiary/aromatic N) is 1. The molecular formula is C19H24N2. The van der Waals surface area contributed by atoms with Gasteiger partial charge < -0.3 is 5.73 Å². The van der Waals surface area contributed by atoms with Gasteiger partial charge in [-0.2, -0.15) is 0 Å². The third-order valence-electron chi connectivity index (χ3n) is 4.51. The fraction of sp³-hybridized carbons (Fsp3) is 0.368.